The average Bonchev–Trinajstić information content (AvgIpc) is 2.40. The lowest BCUT2D eigenvalue weighted by molar-refractivity contribution is 0.0683. The Hall–Kier alpha value is -2.21. The molecule has 1 aromatic carbocycles. The lowest BCUT2D eigenvalue weighted by Gasteiger charge is -2.18. The second-order valence-corrected chi connectivity index (χ2v) is 5.22. The van der Waals surface area contributed by atoms with Crippen molar-refractivity contribution in [1.29, 1.82) is 0 Å². The molecular formula is C15H17FN2O3. The van der Waals surface area contributed by atoms with Crippen molar-refractivity contribution >= 4 is 16.9 Å². The number of hydrogen-bond acceptors (Lipinski definition) is 3. The lowest BCUT2D eigenvalue weighted by Crippen LogP contribution is -2.26. The van der Waals surface area contributed by atoms with E-state index in [1.165, 1.54) is 29.7 Å². The minimum absolute atomic E-state index is 0.0834. The van der Waals surface area contributed by atoms with E-state index in [4.69, 9.17) is 0 Å². The molecule has 0 bridgehead atoms. The van der Waals surface area contributed by atoms with Crippen LogP contribution in [0.15, 0.2) is 23.0 Å². The third-order valence-corrected chi connectivity index (χ3v) is 3.43. The number of carbonyl (C=O) groups is 1. The van der Waals surface area contributed by atoms with Crippen LogP contribution in [0.2, 0.25) is 0 Å². The fraction of sp³-hybridized carbons (Fsp3) is 0.333. The van der Waals surface area contributed by atoms with E-state index in [1.807, 2.05) is 19.0 Å². The summed E-state index contributed by atoms with van der Waals surface area (Å²) in [5, 5.41) is 9.73. The van der Waals surface area contributed by atoms with Crippen LogP contribution in [0.1, 0.15) is 16.1 Å². The van der Waals surface area contributed by atoms with Crippen LogP contribution < -0.4 is 5.43 Å². The number of benzene rings is 1. The summed E-state index contributed by atoms with van der Waals surface area (Å²) in [4.78, 5) is 25.6. The maximum atomic E-state index is 13.5. The summed E-state index contributed by atoms with van der Waals surface area (Å²) in [5.74, 6) is -1.68. The number of fused-ring (bicyclic) bond motifs is 1. The van der Waals surface area contributed by atoms with Gasteiger partial charge in [-0.2, -0.15) is 0 Å². The molecule has 0 atom stereocenters. The first kappa shape index (κ1) is 15.2. The standard InChI is InChI=1S/C15H17FN2O3/c1-9-13(15(20)21)18(7-6-17(2)3)12-8-10(16)4-5-11(12)14(9)19/h4-5,8H,6-7H2,1-3H3,(H,20,21). The van der Waals surface area contributed by atoms with Crippen LogP contribution in [0.4, 0.5) is 4.39 Å². The number of aromatic carboxylic acids is 1. The van der Waals surface area contributed by atoms with Gasteiger partial charge in [0.05, 0.1) is 5.52 Å². The topological polar surface area (TPSA) is 62.5 Å². The van der Waals surface area contributed by atoms with Gasteiger partial charge >= 0.3 is 5.97 Å². The molecule has 112 valence electrons. The number of nitrogens with zero attached hydrogens (tertiary/aromatic N) is 2. The van der Waals surface area contributed by atoms with Gasteiger partial charge in [-0.25, -0.2) is 9.18 Å². The molecule has 0 fully saturated rings. The van der Waals surface area contributed by atoms with Gasteiger partial charge in [0.2, 0.25) is 0 Å². The van der Waals surface area contributed by atoms with Gasteiger partial charge in [0, 0.05) is 24.0 Å². The molecule has 0 amide bonds. The van der Waals surface area contributed by atoms with Crippen molar-refractivity contribution in [3.05, 3.63) is 45.5 Å². The summed E-state index contributed by atoms with van der Waals surface area (Å²) in [6, 6.07) is 3.82. The van der Waals surface area contributed by atoms with Crippen molar-refractivity contribution in [2.45, 2.75) is 13.5 Å². The molecule has 5 nitrogen and oxygen atoms in total. The molecule has 21 heavy (non-hydrogen) atoms. The highest BCUT2D eigenvalue weighted by molar-refractivity contribution is 5.92. The van der Waals surface area contributed by atoms with Crippen LogP contribution in [-0.2, 0) is 6.54 Å². The fourth-order valence-corrected chi connectivity index (χ4v) is 2.36. The maximum absolute atomic E-state index is 13.5. The van der Waals surface area contributed by atoms with Gasteiger partial charge in [-0.1, -0.05) is 0 Å². The van der Waals surface area contributed by atoms with Crippen LogP contribution in [0.25, 0.3) is 10.9 Å². The van der Waals surface area contributed by atoms with E-state index in [2.05, 4.69) is 0 Å². The van der Waals surface area contributed by atoms with Crippen LogP contribution in [0.5, 0.6) is 0 Å². The normalized spacial score (nSPS) is 11.3. The number of hydrogen-bond donors (Lipinski definition) is 1. The summed E-state index contributed by atoms with van der Waals surface area (Å²) in [6.45, 7) is 2.42. The number of pyridine rings is 1. The van der Waals surface area contributed by atoms with E-state index in [1.54, 1.807) is 0 Å². The Bertz CT molecular complexity index is 766. The highest BCUT2D eigenvalue weighted by atomic mass is 19.1. The highest BCUT2D eigenvalue weighted by Gasteiger charge is 2.19. The zero-order valence-electron chi connectivity index (χ0n) is 12.2. The van der Waals surface area contributed by atoms with E-state index in [0.29, 0.717) is 24.0 Å². The van der Waals surface area contributed by atoms with Gasteiger partial charge in [-0.3, -0.25) is 4.79 Å². The molecule has 6 heteroatoms. The van der Waals surface area contributed by atoms with Crippen molar-refractivity contribution in [2.24, 2.45) is 0 Å². The molecule has 2 rings (SSSR count). The minimum atomic E-state index is -1.19. The number of carboxylic acid groups (broad SMARTS) is 1. The van der Waals surface area contributed by atoms with E-state index in [9.17, 15) is 19.1 Å². The number of rotatable bonds is 4. The third-order valence-electron chi connectivity index (χ3n) is 3.43. The van der Waals surface area contributed by atoms with Gasteiger partial charge in [0.1, 0.15) is 11.5 Å². The Balaban J connectivity index is 2.84. The minimum Gasteiger partial charge on any atom is -0.477 e. The van der Waals surface area contributed by atoms with Crippen molar-refractivity contribution < 1.29 is 14.3 Å². The van der Waals surface area contributed by atoms with Gasteiger partial charge < -0.3 is 14.6 Å². The first-order valence-electron chi connectivity index (χ1n) is 6.53. The Kier molecular flexibility index (Phi) is 4.09. The Morgan fingerprint density at radius 3 is 2.62 bits per heavy atom. The van der Waals surface area contributed by atoms with Gasteiger partial charge in [-0.15, -0.1) is 0 Å². The molecule has 0 saturated heterocycles. The molecule has 0 saturated carbocycles. The number of halogens is 1. The van der Waals surface area contributed by atoms with Crippen molar-refractivity contribution in [3.8, 4) is 0 Å². The molecule has 0 spiro atoms. The van der Waals surface area contributed by atoms with Crippen molar-refractivity contribution in [3.63, 3.8) is 0 Å². The summed E-state index contributed by atoms with van der Waals surface area (Å²) < 4.78 is 15.0. The summed E-state index contributed by atoms with van der Waals surface area (Å²) in [6.07, 6.45) is 0. The largest absolute Gasteiger partial charge is 0.477 e. The second-order valence-electron chi connectivity index (χ2n) is 5.22. The fourth-order valence-electron chi connectivity index (χ4n) is 2.36. The molecule has 0 aliphatic heterocycles. The zero-order valence-corrected chi connectivity index (χ0v) is 12.2. The zero-order chi connectivity index (χ0) is 15.7. The van der Waals surface area contributed by atoms with Crippen LogP contribution in [0.3, 0.4) is 0 Å². The van der Waals surface area contributed by atoms with E-state index < -0.39 is 11.8 Å². The molecule has 0 aliphatic carbocycles. The smallest absolute Gasteiger partial charge is 0.352 e. The number of likely N-dealkylation sites (N-methyl/N-ethyl adjacent to an activating group) is 1. The first-order chi connectivity index (χ1) is 9.82. The van der Waals surface area contributed by atoms with E-state index >= 15 is 0 Å². The average molecular weight is 292 g/mol. The maximum Gasteiger partial charge on any atom is 0.352 e. The number of carboxylic acids is 1. The molecular weight excluding hydrogens is 275 g/mol. The lowest BCUT2D eigenvalue weighted by atomic mass is 10.1. The highest BCUT2D eigenvalue weighted by Crippen LogP contribution is 2.18. The monoisotopic (exact) mass is 292 g/mol. The SMILES string of the molecule is Cc1c(C(=O)O)n(CCN(C)C)c2cc(F)ccc2c1=O. The van der Waals surface area contributed by atoms with Gasteiger partial charge in [-0.05, 0) is 39.2 Å². The Morgan fingerprint density at radius 1 is 1.38 bits per heavy atom. The molecule has 0 unspecified atom stereocenters. The van der Waals surface area contributed by atoms with Crippen molar-refractivity contribution in [1.82, 2.24) is 9.47 Å². The summed E-state index contributed by atoms with van der Waals surface area (Å²) >= 11 is 0. The van der Waals surface area contributed by atoms with Crippen LogP contribution in [-0.4, -0.2) is 41.2 Å². The Labute approximate surface area is 121 Å². The Morgan fingerprint density at radius 2 is 2.05 bits per heavy atom. The van der Waals surface area contributed by atoms with E-state index in [0.717, 1.165) is 0 Å². The summed E-state index contributed by atoms with van der Waals surface area (Å²) in [5.41, 5.74) is 0.0219. The first-order valence-corrected chi connectivity index (χ1v) is 6.53. The van der Waals surface area contributed by atoms with Gasteiger partial charge in [0.25, 0.3) is 0 Å². The molecule has 1 aromatic heterocycles. The molecule has 0 aliphatic rings. The second kappa shape index (κ2) is 5.65. The quantitative estimate of drug-likeness (QED) is 0.932. The predicted octanol–water partition coefficient (Wildman–Crippen LogP) is 1.71. The molecule has 0 radical (unpaired) electrons. The van der Waals surface area contributed by atoms with Crippen LogP contribution in [0, 0.1) is 12.7 Å². The predicted molar refractivity (Wildman–Crippen MR) is 78.4 cm³/mol. The summed E-state index contributed by atoms with van der Waals surface area (Å²) in [7, 11) is 3.72. The third kappa shape index (κ3) is 2.80. The molecule has 2 aromatic rings. The van der Waals surface area contributed by atoms with Crippen molar-refractivity contribution in [2.75, 3.05) is 20.6 Å². The molecule has 1 N–H and O–H groups in total. The van der Waals surface area contributed by atoms with Crippen LogP contribution >= 0.6 is 0 Å². The van der Waals surface area contributed by atoms with E-state index in [-0.39, 0.29) is 16.7 Å². The molecule has 1 heterocycles. The number of aromatic nitrogens is 1. The van der Waals surface area contributed by atoms with Gasteiger partial charge in [0.15, 0.2) is 5.43 Å².